The van der Waals surface area contributed by atoms with Crippen LogP contribution in [-0.2, 0) is 28.6 Å². The van der Waals surface area contributed by atoms with Gasteiger partial charge in [0.2, 0.25) is 0 Å². The molecule has 0 fully saturated rings. The average molecular weight is 395 g/mol. The lowest BCUT2D eigenvalue weighted by Crippen LogP contribution is -2.42. The van der Waals surface area contributed by atoms with E-state index in [4.69, 9.17) is 14.2 Å². The van der Waals surface area contributed by atoms with E-state index in [0.717, 1.165) is 0 Å². The lowest BCUT2D eigenvalue weighted by molar-refractivity contribution is -0.144. The molecule has 0 aromatic heterocycles. The highest BCUT2D eigenvalue weighted by Crippen LogP contribution is 2.45. The SMILES string of the molecule is COC(=O)C1=C(C(=O)OC)[C@@H](c2ccccc2)N(c2ccccc2)[C@@H]1C(=O)OC. The maximum atomic E-state index is 12.8. The smallest absolute Gasteiger partial charge is 0.337 e. The van der Waals surface area contributed by atoms with Gasteiger partial charge in [-0.2, -0.15) is 0 Å². The summed E-state index contributed by atoms with van der Waals surface area (Å²) in [5.41, 5.74) is 1.30. The van der Waals surface area contributed by atoms with Crippen molar-refractivity contribution in [3.05, 3.63) is 77.4 Å². The van der Waals surface area contributed by atoms with Crippen molar-refractivity contribution in [3.8, 4) is 0 Å². The van der Waals surface area contributed by atoms with Crippen LogP contribution in [0.5, 0.6) is 0 Å². The number of ether oxygens (including phenoxy) is 3. The molecule has 29 heavy (non-hydrogen) atoms. The van der Waals surface area contributed by atoms with Gasteiger partial charge in [-0.05, 0) is 17.7 Å². The minimum absolute atomic E-state index is 0.0461. The molecule has 0 aliphatic carbocycles. The standard InChI is InChI=1S/C22H21NO6/c1-27-20(24)16-17(21(25)28-2)19(22(26)29-3)23(15-12-8-5-9-13-15)18(16)14-10-6-4-7-11-14/h4-13,18-19H,1-3H3/t18-,19+/m1/s1. The Morgan fingerprint density at radius 2 is 1.24 bits per heavy atom. The minimum Gasteiger partial charge on any atom is -0.467 e. The molecule has 7 heteroatoms. The van der Waals surface area contributed by atoms with Crippen LogP contribution in [0.25, 0.3) is 0 Å². The second-order valence-electron chi connectivity index (χ2n) is 6.29. The van der Waals surface area contributed by atoms with Crippen molar-refractivity contribution >= 4 is 23.6 Å². The van der Waals surface area contributed by atoms with E-state index >= 15 is 0 Å². The molecular weight excluding hydrogens is 374 g/mol. The zero-order chi connectivity index (χ0) is 21.0. The second kappa shape index (κ2) is 8.60. The molecule has 0 radical (unpaired) electrons. The molecule has 2 aromatic carbocycles. The van der Waals surface area contributed by atoms with Crippen LogP contribution in [-0.4, -0.2) is 45.3 Å². The van der Waals surface area contributed by atoms with Crippen molar-refractivity contribution in [2.24, 2.45) is 0 Å². The maximum Gasteiger partial charge on any atom is 0.337 e. The summed E-state index contributed by atoms with van der Waals surface area (Å²) in [6.45, 7) is 0. The molecule has 3 rings (SSSR count). The molecular formula is C22H21NO6. The van der Waals surface area contributed by atoms with Crippen LogP contribution < -0.4 is 4.90 Å². The van der Waals surface area contributed by atoms with Gasteiger partial charge in [-0.15, -0.1) is 0 Å². The highest BCUT2D eigenvalue weighted by Gasteiger charge is 2.51. The van der Waals surface area contributed by atoms with Crippen molar-refractivity contribution in [1.82, 2.24) is 0 Å². The number of hydrogen-bond donors (Lipinski definition) is 0. The summed E-state index contributed by atoms with van der Waals surface area (Å²) >= 11 is 0. The number of para-hydroxylation sites is 1. The molecule has 0 saturated carbocycles. The van der Waals surface area contributed by atoms with Gasteiger partial charge in [0.1, 0.15) is 0 Å². The van der Waals surface area contributed by atoms with Gasteiger partial charge < -0.3 is 19.1 Å². The van der Waals surface area contributed by atoms with Crippen molar-refractivity contribution in [1.29, 1.82) is 0 Å². The number of carbonyl (C=O) groups excluding carboxylic acids is 3. The number of anilines is 1. The lowest BCUT2D eigenvalue weighted by Gasteiger charge is -2.32. The van der Waals surface area contributed by atoms with Gasteiger partial charge in [-0.3, -0.25) is 0 Å². The molecule has 150 valence electrons. The van der Waals surface area contributed by atoms with Crippen LogP contribution in [0.15, 0.2) is 71.8 Å². The molecule has 0 amide bonds. The Labute approximate surface area is 168 Å². The molecule has 0 N–H and O–H groups in total. The van der Waals surface area contributed by atoms with E-state index in [1.807, 2.05) is 36.4 Å². The molecule has 1 heterocycles. The van der Waals surface area contributed by atoms with Gasteiger partial charge in [0.05, 0.1) is 38.5 Å². The van der Waals surface area contributed by atoms with Crippen molar-refractivity contribution in [3.63, 3.8) is 0 Å². The fraction of sp³-hybridized carbons (Fsp3) is 0.227. The molecule has 1 aliphatic heterocycles. The minimum atomic E-state index is -1.17. The van der Waals surface area contributed by atoms with E-state index in [2.05, 4.69) is 0 Å². The number of esters is 3. The number of methoxy groups -OCH3 is 3. The molecule has 2 atom stereocenters. The predicted molar refractivity (Wildman–Crippen MR) is 105 cm³/mol. The first-order valence-corrected chi connectivity index (χ1v) is 8.92. The molecule has 0 unspecified atom stereocenters. The average Bonchev–Trinajstić information content (AvgIpc) is 3.14. The van der Waals surface area contributed by atoms with Crippen LogP contribution in [0.4, 0.5) is 5.69 Å². The van der Waals surface area contributed by atoms with Gasteiger partial charge in [-0.1, -0.05) is 48.5 Å². The van der Waals surface area contributed by atoms with Crippen LogP contribution in [0, 0.1) is 0 Å². The van der Waals surface area contributed by atoms with Crippen LogP contribution in [0.1, 0.15) is 11.6 Å². The van der Waals surface area contributed by atoms with E-state index in [1.54, 1.807) is 29.2 Å². The molecule has 0 spiro atoms. The molecule has 0 bridgehead atoms. The van der Waals surface area contributed by atoms with Gasteiger partial charge in [-0.25, -0.2) is 14.4 Å². The van der Waals surface area contributed by atoms with E-state index in [0.29, 0.717) is 11.3 Å². The van der Waals surface area contributed by atoms with Gasteiger partial charge >= 0.3 is 17.9 Å². The zero-order valence-corrected chi connectivity index (χ0v) is 16.3. The Kier molecular flexibility index (Phi) is 5.97. The third kappa shape index (κ3) is 3.59. The summed E-state index contributed by atoms with van der Waals surface area (Å²) in [6.07, 6.45) is 0. The van der Waals surface area contributed by atoms with E-state index in [9.17, 15) is 14.4 Å². The Morgan fingerprint density at radius 1 is 0.724 bits per heavy atom. The summed E-state index contributed by atoms with van der Waals surface area (Å²) in [4.78, 5) is 40.0. The Bertz CT molecular complexity index is 938. The van der Waals surface area contributed by atoms with E-state index in [-0.39, 0.29) is 11.1 Å². The summed E-state index contributed by atoms with van der Waals surface area (Å²) in [5.74, 6) is -2.19. The fourth-order valence-electron chi connectivity index (χ4n) is 3.59. The first kappa shape index (κ1) is 20.1. The zero-order valence-electron chi connectivity index (χ0n) is 16.3. The molecule has 0 saturated heterocycles. The predicted octanol–water partition coefficient (Wildman–Crippen LogP) is 2.43. The largest absolute Gasteiger partial charge is 0.467 e. The Balaban J connectivity index is 2.34. The topological polar surface area (TPSA) is 82.1 Å². The molecule has 7 nitrogen and oxygen atoms in total. The van der Waals surface area contributed by atoms with Crippen molar-refractivity contribution in [2.45, 2.75) is 12.1 Å². The van der Waals surface area contributed by atoms with Gasteiger partial charge in [0.15, 0.2) is 6.04 Å². The summed E-state index contributed by atoms with van der Waals surface area (Å²) in [5, 5.41) is 0. The quantitative estimate of drug-likeness (QED) is 0.568. The monoisotopic (exact) mass is 395 g/mol. The Morgan fingerprint density at radius 3 is 1.76 bits per heavy atom. The Hall–Kier alpha value is -3.61. The highest BCUT2D eigenvalue weighted by atomic mass is 16.5. The van der Waals surface area contributed by atoms with Crippen molar-refractivity contribution in [2.75, 3.05) is 26.2 Å². The first-order chi connectivity index (χ1) is 14.0. The number of rotatable bonds is 5. The van der Waals surface area contributed by atoms with Gasteiger partial charge in [0.25, 0.3) is 0 Å². The summed E-state index contributed by atoms with van der Waals surface area (Å²) in [7, 11) is 3.65. The third-order valence-corrected chi connectivity index (χ3v) is 4.80. The summed E-state index contributed by atoms with van der Waals surface area (Å²) < 4.78 is 14.9. The molecule has 1 aliphatic rings. The maximum absolute atomic E-state index is 12.8. The third-order valence-electron chi connectivity index (χ3n) is 4.80. The fourth-order valence-corrected chi connectivity index (χ4v) is 3.59. The van der Waals surface area contributed by atoms with E-state index in [1.165, 1.54) is 21.3 Å². The number of hydrogen-bond acceptors (Lipinski definition) is 7. The van der Waals surface area contributed by atoms with Crippen LogP contribution in [0.3, 0.4) is 0 Å². The lowest BCUT2D eigenvalue weighted by atomic mass is 9.96. The normalized spacial score (nSPS) is 18.4. The van der Waals surface area contributed by atoms with Crippen LogP contribution in [0.2, 0.25) is 0 Å². The molecule has 2 aromatic rings. The first-order valence-electron chi connectivity index (χ1n) is 8.92. The van der Waals surface area contributed by atoms with Crippen LogP contribution >= 0.6 is 0 Å². The number of carbonyl (C=O) groups is 3. The second-order valence-corrected chi connectivity index (χ2v) is 6.29. The summed E-state index contributed by atoms with van der Waals surface area (Å²) in [6, 6.07) is 16.2. The van der Waals surface area contributed by atoms with Crippen molar-refractivity contribution < 1.29 is 28.6 Å². The van der Waals surface area contributed by atoms with Gasteiger partial charge in [0, 0.05) is 5.69 Å². The highest BCUT2D eigenvalue weighted by molar-refractivity contribution is 6.10. The number of nitrogens with zero attached hydrogens (tertiary/aromatic N) is 1. The number of benzene rings is 2. The van der Waals surface area contributed by atoms with E-state index < -0.39 is 30.0 Å².